The van der Waals surface area contributed by atoms with Gasteiger partial charge in [-0.15, -0.1) is 0 Å². The SMILES string of the molecule is CCCCc1nn(-c2ccc(C=O)c(O)c2)nc1C. The van der Waals surface area contributed by atoms with Gasteiger partial charge in [0.15, 0.2) is 6.29 Å². The molecule has 0 aliphatic rings. The summed E-state index contributed by atoms with van der Waals surface area (Å²) in [5, 5.41) is 18.4. The number of aldehydes is 1. The lowest BCUT2D eigenvalue weighted by molar-refractivity contribution is 0.112. The quantitative estimate of drug-likeness (QED) is 0.837. The van der Waals surface area contributed by atoms with E-state index in [4.69, 9.17) is 0 Å². The molecule has 2 aromatic rings. The Kier molecular flexibility index (Phi) is 3.94. The maximum Gasteiger partial charge on any atom is 0.153 e. The zero-order valence-electron chi connectivity index (χ0n) is 11.1. The van der Waals surface area contributed by atoms with Crippen LogP contribution in [0.1, 0.15) is 41.5 Å². The summed E-state index contributed by atoms with van der Waals surface area (Å²) in [5.74, 6) is -0.0578. The Morgan fingerprint density at radius 1 is 1.37 bits per heavy atom. The molecule has 2 rings (SSSR count). The third-order valence-corrected chi connectivity index (χ3v) is 3.02. The van der Waals surface area contributed by atoms with Gasteiger partial charge in [-0.1, -0.05) is 13.3 Å². The Hall–Kier alpha value is -2.17. The van der Waals surface area contributed by atoms with Gasteiger partial charge in [0.05, 0.1) is 22.6 Å². The van der Waals surface area contributed by atoms with Crippen LogP contribution in [0, 0.1) is 6.92 Å². The van der Waals surface area contributed by atoms with Crippen LogP contribution < -0.4 is 0 Å². The molecule has 1 N–H and O–H groups in total. The lowest BCUT2D eigenvalue weighted by atomic mass is 10.2. The zero-order valence-corrected chi connectivity index (χ0v) is 11.1. The Balaban J connectivity index is 2.31. The topological polar surface area (TPSA) is 68.0 Å². The molecule has 5 nitrogen and oxygen atoms in total. The number of rotatable bonds is 5. The van der Waals surface area contributed by atoms with Crippen molar-refractivity contribution in [3.8, 4) is 11.4 Å². The third kappa shape index (κ3) is 2.81. The second-order valence-electron chi connectivity index (χ2n) is 4.49. The van der Waals surface area contributed by atoms with Crippen molar-refractivity contribution in [1.82, 2.24) is 15.0 Å². The first kappa shape index (κ1) is 13.3. The molecule has 0 amide bonds. The van der Waals surface area contributed by atoms with Gasteiger partial charge < -0.3 is 5.11 Å². The van der Waals surface area contributed by atoms with Gasteiger partial charge in [-0.2, -0.15) is 15.0 Å². The molecule has 0 saturated heterocycles. The lowest BCUT2D eigenvalue weighted by Gasteiger charge is -2.02. The lowest BCUT2D eigenvalue weighted by Crippen LogP contribution is -2.00. The predicted octanol–water partition coefficient (Wildman–Crippen LogP) is 2.44. The van der Waals surface area contributed by atoms with Crippen molar-refractivity contribution in [3.63, 3.8) is 0 Å². The van der Waals surface area contributed by atoms with Crippen molar-refractivity contribution in [1.29, 1.82) is 0 Å². The first-order valence-corrected chi connectivity index (χ1v) is 6.37. The summed E-state index contributed by atoms with van der Waals surface area (Å²) in [4.78, 5) is 12.1. The van der Waals surface area contributed by atoms with Crippen LogP contribution in [0.2, 0.25) is 0 Å². The first-order chi connectivity index (χ1) is 9.15. The highest BCUT2D eigenvalue weighted by molar-refractivity contribution is 5.79. The third-order valence-electron chi connectivity index (χ3n) is 3.02. The summed E-state index contributed by atoms with van der Waals surface area (Å²) in [6.07, 6.45) is 3.71. The van der Waals surface area contributed by atoms with Crippen molar-refractivity contribution in [2.75, 3.05) is 0 Å². The molecule has 0 unspecified atom stereocenters. The molecule has 100 valence electrons. The van der Waals surface area contributed by atoms with Crippen LogP contribution in [0.3, 0.4) is 0 Å². The minimum Gasteiger partial charge on any atom is -0.507 e. The molecule has 0 aliphatic heterocycles. The number of aryl methyl sites for hydroxylation is 2. The van der Waals surface area contributed by atoms with E-state index >= 15 is 0 Å². The van der Waals surface area contributed by atoms with E-state index in [9.17, 15) is 9.90 Å². The highest BCUT2D eigenvalue weighted by Gasteiger charge is 2.09. The molecule has 5 heteroatoms. The minimum absolute atomic E-state index is 0.0578. The Labute approximate surface area is 111 Å². The first-order valence-electron chi connectivity index (χ1n) is 6.37. The van der Waals surface area contributed by atoms with Gasteiger partial charge in [0.1, 0.15) is 5.75 Å². The van der Waals surface area contributed by atoms with E-state index in [0.29, 0.717) is 12.0 Å². The summed E-state index contributed by atoms with van der Waals surface area (Å²) in [7, 11) is 0. The molecule has 0 fully saturated rings. The van der Waals surface area contributed by atoms with Crippen LogP contribution in [0.5, 0.6) is 5.75 Å². The Morgan fingerprint density at radius 3 is 2.79 bits per heavy atom. The summed E-state index contributed by atoms with van der Waals surface area (Å²) in [6.45, 7) is 4.06. The molecule has 1 heterocycles. The number of phenolic OH excluding ortho intramolecular Hbond substituents is 1. The Bertz CT molecular complexity index is 590. The normalized spacial score (nSPS) is 10.6. The average molecular weight is 259 g/mol. The van der Waals surface area contributed by atoms with Crippen LogP contribution >= 0.6 is 0 Å². The Morgan fingerprint density at radius 2 is 2.16 bits per heavy atom. The minimum atomic E-state index is -0.0578. The number of aromatic nitrogens is 3. The van der Waals surface area contributed by atoms with Gasteiger partial charge >= 0.3 is 0 Å². The van der Waals surface area contributed by atoms with Gasteiger partial charge in [-0.3, -0.25) is 4.79 Å². The fraction of sp³-hybridized carbons (Fsp3) is 0.357. The van der Waals surface area contributed by atoms with E-state index in [0.717, 1.165) is 30.7 Å². The van der Waals surface area contributed by atoms with E-state index in [1.165, 1.54) is 10.9 Å². The molecule has 0 atom stereocenters. The van der Waals surface area contributed by atoms with E-state index in [1.54, 1.807) is 12.1 Å². The van der Waals surface area contributed by atoms with Crippen LogP contribution in [0.4, 0.5) is 0 Å². The summed E-state index contributed by atoms with van der Waals surface area (Å²) >= 11 is 0. The van der Waals surface area contributed by atoms with Crippen LogP contribution in [0.15, 0.2) is 18.2 Å². The second kappa shape index (κ2) is 5.65. The maximum absolute atomic E-state index is 10.7. The number of phenols is 1. The highest BCUT2D eigenvalue weighted by atomic mass is 16.3. The fourth-order valence-corrected chi connectivity index (χ4v) is 1.86. The largest absolute Gasteiger partial charge is 0.507 e. The van der Waals surface area contributed by atoms with Gasteiger partial charge in [0.25, 0.3) is 0 Å². The molecule has 19 heavy (non-hydrogen) atoms. The fourth-order valence-electron chi connectivity index (χ4n) is 1.86. The standard InChI is InChI=1S/C14H17N3O2/c1-3-4-5-13-10(2)15-17(16-13)12-7-6-11(9-18)14(19)8-12/h6-9,19H,3-5H2,1-2H3. The van der Waals surface area contributed by atoms with Crippen molar-refractivity contribution >= 4 is 6.29 Å². The zero-order chi connectivity index (χ0) is 13.8. The molecule has 0 bridgehead atoms. The van der Waals surface area contributed by atoms with Gasteiger partial charge in [-0.05, 0) is 31.9 Å². The number of unbranched alkanes of at least 4 members (excludes halogenated alkanes) is 1. The molecular weight excluding hydrogens is 242 g/mol. The number of carbonyl (C=O) groups is 1. The van der Waals surface area contributed by atoms with Gasteiger partial charge in [0, 0.05) is 6.07 Å². The summed E-state index contributed by atoms with van der Waals surface area (Å²) < 4.78 is 0. The number of carbonyl (C=O) groups excluding carboxylic acids is 1. The number of hydrogen-bond acceptors (Lipinski definition) is 4. The molecule has 0 radical (unpaired) electrons. The van der Waals surface area contributed by atoms with E-state index < -0.39 is 0 Å². The van der Waals surface area contributed by atoms with E-state index in [2.05, 4.69) is 17.1 Å². The molecule has 0 saturated carbocycles. The summed E-state index contributed by atoms with van der Waals surface area (Å²) in [6, 6.07) is 4.77. The van der Waals surface area contributed by atoms with Gasteiger partial charge in [-0.25, -0.2) is 0 Å². The monoisotopic (exact) mass is 259 g/mol. The van der Waals surface area contributed by atoms with E-state index in [1.807, 2.05) is 6.92 Å². The maximum atomic E-state index is 10.7. The molecular formula is C14H17N3O2. The average Bonchev–Trinajstić information content (AvgIpc) is 2.77. The van der Waals surface area contributed by atoms with E-state index in [-0.39, 0.29) is 11.3 Å². The predicted molar refractivity (Wildman–Crippen MR) is 71.8 cm³/mol. The number of hydrogen-bond donors (Lipinski definition) is 1. The summed E-state index contributed by atoms with van der Waals surface area (Å²) in [5.41, 5.74) is 2.78. The van der Waals surface area contributed by atoms with Crippen LogP contribution in [0.25, 0.3) is 5.69 Å². The number of benzene rings is 1. The van der Waals surface area contributed by atoms with Crippen molar-refractivity contribution in [2.45, 2.75) is 33.1 Å². The van der Waals surface area contributed by atoms with Crippen LogP contribution in [-0.4, -0.2) is 26.4 Å². The highest BCUT2D eigenvalue weighted by Crippen LogP contribution is 2.19. The molecule has 1 aromatic carbocycles. The second-order valence-corrected chi connectivity index (χ2v) is 4.49. The molecule has 0 spiro atoms. The van der Waals surface area contributed by atoms with Crippen molar-refractivity contribution in [2.24, 2.45) is 0 Å². The van der Waals surface area contributed by atoms with Gasteiger partial charge in [0.2, 0.25) is 0 Å². The smallest absolute Gasteiger partial charge is 0.153 e. The molecule has 1 aromatic heterocycles. The van der Waals surface area contributed by atoms with Crippen LogP contribution in [-0.2, 0) is 6.42 Å². The molecule has 0 aliphatic carbocycles. The van der Waals surface area contributed by atoms with Crippen molar-refractivity contribution in [3.05, 3.63) is 35.2 Å². The number of aromatic hydroxyl groups is 1. The van der Waals surface area contributed by atoms with Crippen molar-refractivity contribution < 1.29 is 9.90 Å². The number of nitrogens with zero attached hydrogens (tertiary/aromatic N) is 3.